The molecule has 1 amide bonds. The van der Waals surface area contributed by atoms with Crippen molar-refractivity contribution in [2.75, 3.05) is 0 Å². The molecular formula is C18H17Cl2NO2. The zero-order valence-corrected chi connectivity index (χ0v) is 14.4. The Morgan fingerprint density at radius 3 is 2.43 bits per heavy atom. The predicted octanol–water partition coefficient (Wildman–Crippen LogP) is 5.55. The Morgan fingerprint density at radius 2 is 1.78 bits per heavy atom. The van der Waals surface area contributed by atoms with E-state index in [9.17, 15) is 4.79 Å². The van der Waals surface area contributed by atoms with E-state index in [0.717, 1.165) is 23.1 Å². The second-order valence-corrected chi connectivity index (χ2v) is 7.40. The van der Waals surface area contributed by atoms with Gasteiger partial charge in [0.1, 0.15) is 0 Å². The summed E-state index contributed by atoms with van der Waals surface area (Å²) in [7, 11) is 0. The van der Waals surface area contributed by atoms with Crippen LogP contribution in [0.5, 0.6) is 0 Å². The van der Waals surface area contributed by atoms with Crippen molar-refractivity contribution in [3.63, 3.8) is 0 Å². The van der Waals surface area contributed by atoms with E-state index in [0.29, 0.717) is 10.0 Å². The molecule has 0 spiro atoms. The Morgan fingerprint density at radius 1 is 1.13 bits per heavy atom. The lowest BCUT2D eigenvalue weighted by Gasteiger charge is -2.27. The van der Waals surface area contributed by atoms with Gasteiger partial charge in [-0.05, 0) is 52.3 Å². The highest BCUT2D eigenvalue weighted by atomic mass is 35.5. The van der Waals surface area contributed by atoms with Gasteiger partial charge in [0.2, 0.25) is 0 Å². The van der Waals surface area contributed by atoms with E-state index < -0.39 is 6.09 Å². The van der Waals surface area contributed by atoms with Crippen LogP contribution < -0.4 is 5.32 Å². The first-order valence-electron chi connectivity index (χ1n) is 7.35. The van der Waals surface area contributed by atoms with Crippen LogP contribution in [0.25, 0.3) is 11.1 Å². The number of carbonyl (C=O) groups is 1. The molecule has 1 aliphatic rings. The molecule has 0 saturated carbocycles. The zero-order chi connectivity index (χ0) is 16.8. The molecular weight excluding hydrogens is 333 g/mol. The standard InChI is InChI=1S/C18H17Cl2NO2/c1-18(2)9-12-4-3-10(7-13(12)16(18)21-17(22)23)11-5-6-14(19)15(20)8-11/h3-8,16,21H,9H2,1-2H3,(H,22,23). The lowest BCUT2D eigenvalue weighted by Crippen LogP contribution is -2.34. The minimum Gasteiger partial charge on any atom is -0.465 e. The van der Waals surface area contributed by atoms with Crippen molar-refractivity contribution in [2.45, 2.75) is 26.3 Å². The van der Waals surface area contributed by atoms with Crippen molar-refractivity contribution in [3.8, 4) is 11.1 Å². The normalized spacial score (nSPS) is 18.5. The molecule has 1 atom stereocenters. The topological polar surface area (TPSA) is 49.3 Å². The molecule has 0 radical (unpaired) electrons. The van der Waals surface area contributed by atoms with Gasteiger partial charge in [0.05, 0.1) is 16.1 Å². The number of rotatable bonds is 2. The van der Waals surface area contributed by atoms with Crippen molar-refractivity contribution >= 4 is 29.3 Å². The maximum atomic E-state index is 11.1. The summed E-state index contributed by atoms with van der Waals surface area (Å²) in [4.78, 5) is 11.1. The first-order chi connectivity index (χ1) is 10.8. The molecule has 2 aromatic carbocycles. The van der Waals surface area contributed by atoms with Crippen LogP contribution in [0.4, 0.5) is 4.79 Å². The highest BCUT2D eigenvalue weighted by Gasteiger charge is 2.40. The van der Waals surface area contributed by atoms with Crippen LogP contribution >= 0.6 is 23.2 Å². The molecule has 3 nitrogen and oxygen atoms in total. The lowest BCUT2D eigenvalue weighted by atomic mass is 9.85. The lowest BCUT2D eigenvalue weighted by molar-refractivity contribution is 0.175. The molecule has 0 fully saturated rings. The van der Waals surface area contributed by atoms with Crippen LogP contribution in [-0.2, 0) is 6.42 Å². The molecule has 1 aliphatic carbocycles. The van der Waals surface area contributed by atoms with Crippen molar-refractivity contribution in [3.05, 3.63) is 57.6 Å². The molecule has 3 rings (SSSR count). The molecule has 2 N–H and O–H groups in total. The van der Waals surface area contributed by atoms with E-state index in [1.54, 1.807) is 6.07 Å². The van der Waals surface area contributed by atoms with E-state index in [1.807, 2.05) is 24.3 Å². The van der Waals surface area contributed by atoms with Gasteiger partial charge in [-0.3, -0.25) is 0 Å². The van der Waals surface area contributed by atoms with E-state index >= 15 is 0 Å². The Hall–Kier alpha value is -1.71. The quantitative estimate of drug-likeness (QED) is 0.746. The van der Waals surface area contributed by atoms with Gasteiger partial charge in [0.25, 0.3) is 0 Å². The number of hydrogen-bond acceptors (Lipinski definition) is 1. The number of hydrogen-bond donors (Lipinski definition) is 2. The molecule has 0 bridgehead atoms. The van der Waals surface area contributed by atoms with Gasteiger partial charge in [-0.2, -0.15) is 0 Å². The molecule has 1 unspecified atom stereocenters. The third-order valence-electron chi connectivity index (χ3n) is 4.41. The van der Waals surface area contributed by atoms with Crippen LogP contribution in [0, 0.1) is 5.41 Å². The predicted molar refractivity (Wildman–Crippen MR) is 93.3 cm³/mol. The Kier molecular flexibility index (Phi) is 4.03. The average Bonchev–Trinajstić information content (AvgIpc) is 2.71. The summed E-state index contributed by atoms with van der Waals surface area (Å²) >= 11 is 12.1. The van der Waals surface area contributed by atoms with Gasteiger partial charge in [0.15, 0.2) is 0 Å². The van der Waals surface area contributed by atoms with E-state index in [1.165, 1.54) is 5.56 Å². The maximum Gasteiger partial charge on any atom is 0.405 e. The Labute approximate surface area is 145 Å². The number of benzene rings is 2. The highest BCUT2D eigenvalue weighted by Crippen LogP contribution is 2.46. The van der Waals surface area contributed by atoms with Gasteiger partial charge in [-0.1, -0.05) is 55.2 Å². The van der Waals surface area contributed by atoms with Crippen LogP contribution in [0.3, 0.4) is 0 Å². The third kappa shape index (κ3) is 3.04. The highest BCUT2D eigenvalue weighted by molar-refractivity contribution is 6.42. The van der Waals surface area contributed by atoms with Crippen LogP contribution in [0.1, 0.15) is 31.0 Å². The molecule has 0 aromatic heterocycles. The third-order valence-corrected chi connectivity index (χ3v) is 5.14. The minimum atomic E-state index is -1.00. The van der Waals surface area contributed by atoms with Crippen molar-refractivity contribution < 1.29 is 9.90 Å². The minimum absolute atomic E-state index is 0.156. The molecule has 2 aromatic rings. The second kappa shape index (κ2) is 5.73. The van der Waals surface area contributed by atoms with E-state index in [-0.39, 0.29) is 11.5 Å². The number of carboxylic acid groups (broad SMARTS) is 1. The van der Waals surface area contributed by atoms with Crippen molar-refractivity contribution in [1.82, 2.24) is 5.32 Å². The van der Waals surface area contributed by atoms with E-state index in [4.69, 9.17) is 28.3 Å². The Balaban J connectivity index is 2.05. The summed E-state index contributed by atoms with van der Waals surface area (Å²) < 4.78 is 0. The SMILES string of the molecule is CC1(C)Cc2ccc(-c3ccc(Cl)c(Cl)c3)cc2C1NC(=O)O. The fourth-order valence-corrected chi connectivity index (χ4v) is 3.59. The molecule has 0 saturated heterocycles. The average molecular weight is 350 g/mol. The Bertz CT molecular complexity index is 787. The largest absolute Gasteiger partial charge is 0.465 e. The van der Waals surface area contributed by atoms with Gasteiger partial charge in [-0.15, -0.1) is 0 Å². The van der Waals surface area contributed by atoms with Gasteiger partial charge in [-0.25, -0.2) is 4.79 Å². The smallest absolute Gasteiger partial charge is 0.405 e. The summed E-state index contributed by atoms with van der Waals surface area (Å²) in [6, 6.07) is 11.4. The summed E-state index contributed by atoms with van der Waals surface area (Å²) in [5.41, 5.74) is 4.01. The maximum absolute atomic E-state index is 11.1. The van der Waals surface area contributed by atoms with Gasteiger partial charge < -0.3 is 10.4 Å². The first-order valence-corrected chi connectivity index (χ1v) is 8.11. The zero-order valence-electron chi connectivity index (χ0n) is 12.9. The molecule has 120 valence electrons. The monoisotopic (exact) mass is 349 g/mol. The summed E-state index contributed by atoms with van der Waals surface area (Å²) in [5.74, 6) is 0. The fourth-order valence-electron chi connectivity index (χ4n) is 3.29. The van der Waals surface area contributed by atoms with Crippen molar-refractivity contribution in [1.29, 1.82) is 0 Å². The van der Waals surface area contributed by atoms with E-state index in [2.05, 4.69) is 25.2 Å². The second-order valence-electron chi connectivity index (χ2n) is 6.59. The first kappa shape index (κ1) is 16.2. The summed E-state index contributed by atoms with van der Waals surface area (Å²) in [5, 5.41) is 12.8. The number of amides is 1. The fraction of sp³-hybridized carbons (Fsp3) is 0.278. The summed E-state index contributed by atoms with van der Waals surface area (Å²) in [6.45, 7) is 4.15. The van der Waals surface area contributed by atoms with Crippen LogP contribution in [0.15, 0.2) is 36.4 Å². The summed E-state index contributed by atoms with van der Waals surface area (Å²) in [6.07, 6.45) is -0.162. The number of halogens is 2. The molecule has 0 heterocycles. The van der Waals surface area contributed by atoms with Gasteiger partial charge in [0, 0.05) is 0 Å². The van der Waals surface area contributed by atoms with Crippen LogP contribution in [-0.4, -0.2) is 11.2 Å². The molecule has 5 heteroatoms. The molecule has 0 aliphatic heterocycles. The molecule has 23 heavy (non-hydrogen) atoms. The van der Waals surface area contributed by atoms with Gasteiger partial charge >= 0.3 is 6.09 Å². The van der Waals surface area contributed by atoms with Crippen LogP contribution in [0.2, 0.25) is 10.0 Å². The van der Waals surface area contributed by atoms with Crippen molar-refractivity contribution in [2.24, 2.45) is 5.41 Å². The number of fused-ring (bicyclic) bond motifs is 1. The number of nitrogens with one attached hydrogen (secondary N) is 1.